The molecule has 20 heavy (non-hydrogen) atoms. The van der Waals surface area contributed by atoms with Gasteiger partial charge in [0.2, 0.25) is 10.0 Å². The molecule has 0 fully saturated rings. The van der Waals surface area contributed by atoms with Gasteiger partial charge in [-0.2, -0.15) is 0 Å². The molecule has 0 bridgehead atoms. The van der Waals surface area contributed by atoms with Gasteiger partial charge in [-0.3, -0.25) is 0 Å². The summed E-state index contributed by atoms with van der Waals surface area (Å²) in [5, 5.41) is 5.45. The Balaban J connectivity index is 2.53. The van der Waals surface area contributed by atoms with Gasteiger partial charge in [-0.1, -0.05) is 24.3 Å². The molecule has 2 amide bonds. The lowest BCUT2D eigenvalue weighted by Crippen LogP contribution is -2.39. The lowest BCUT2D eigenvalue weighted by atomic mass is 10.1. The van der Waals surface area contributed by atoms with Gasteiger partial charge in [-0.25, -0.2) is 17.9 Å². The highest BCUT2D eigenvalue weighted by Gasteiger charge is 2.08. The number of amides is 2. The Morgan fingerprint density at radius 2 is 1.70 bits per heavy atom. The quantitative estimate of drug-likeness (QED) is 0.730. The van der Waals surface area contributed by atoms with E-state index >= 15 is 0 Å². The molecule has 0 saturated carbocycles. The van der Waals surface area contributed by atoms with Crippen molar-refractivity contribution < 1.29 is 13.2 Å². The molecule has 0 saturated heterocycles. The molecule has 3 N–H and O–H groups in total. The van der Waals surface area contributed by atoms with Gasteiger partial charge in [-0.15, -0.1) is 0 Å². The minimum atomic E-state index is -3.25. The number of carbonyl (C=O) groups excluding carboxylic acids is 1. The van der Waals surface area contributed by atoms with Crippen LogP contribution >= 0.6 is 0 Å². The Morgan fingerprint density at radius 1 is 1.15 bits per heavy atom. The van der Waals surface area contributed by atoms with Gasteiger partial charge in [0.15, 0.2) is 0 Å². The van der Waals surface area contributed by atoms with E-state index in [1.165, 1.54) is 7.05 Å². The molecule has 1 rings (SSSR count). The van der Waals surface area contributed by atoms with Gasteiger partial charge in [-0.05, 0) is 32.0 Å². The highest BCUT2D eigenvalue weighted by molar-refractivity contribution is 7.88. The smallest absolute Gasteiger partial charge is 0.315 e. The number of sulfonamides is 1. The average Bonchev–Trinajstić information content (AvgIpc) is 2.37. The zero-order chi connectivity index (χ0) is 15.2. The average molecular weight is 299 g/mol. The Hall–Kier alpha value is -1.60. The van der Waals surface area contributed by atoms with E-state index in [1.54, 1.807) is 24.3 Å². The molecule has 0 aliphatic heterocycles. The Kier molecular flexibility index (Phi) is 5.97. The first-order chi connectivity index (χ1) is 9.32. The summed E-state index contributed by atoms with van der Waals surface area (Å²) in [6.07, 6.45) is 0. The summed E-state index contributed by atoms with van der Waals surface area (Å²) in [4.78, 5) is 11.4. The number of hydrogen-bond donors (Lipinski definition) is 3. The third-order valence-electron chi connectivity index (χ3n) is 2.56. The van der Waals surface area contributed by atoms with Gasteiger partial charge in [0.25, 0.3) is 0 Å². The van der Waals surface area contributed by atoms with E-state index in [-0.39, 0.29) is 17.8 Å². The zero-order valence-corrected chi connectivity index (χ0v) is 12.8. The van der Waals surface area contributed by atoms with Crippen LogP contribution in [0.2, 0.25) is 0 Å². The summed E-state index contributed by atoms with van der Waals surface area (Å²) in [6, 6.07) is 6.95. The van der Waals surface area contributed by atoms with E-state index in [2.05, 4.69) is 15.4 Å². The molecule has 112 valence electrons. The predicted octanol–water partition coefficient (Wildman–Crippen LogP) is 0.943. The number of carbonyl (C=O) groups is 1. The first-order valence-electron chi connectivity index (χ1n) is 6.36. The van der Waals surface area contributed by atoms with E-state index < -0.39 is 10.0 Å². The number of hydrogen-bond acceptors (Lipinski definition) is 3. The summed E-state index contributed by atoms with van der Waals surface area (Å²) in [5.74, 6) is -0.0506. The monoisotopic (exact) mass is 299 g/mol. The molecule has 0 aromatic heterocycles. The molecule has 0 radical (unpaired) electrons. The molecular formula is C13H21N3O3S. The third-order valence-corrected chi connectivity index (χ3v) is 3.90. The van der Waals surface area contributed by atoms with E-state index in [4.69, 9.17) is 0 Å². The SMILES string of the molecule is CNS(=O)(=O)Cc1ccc(CNC(=O)NC(C)C)cc1. The van der Waals surface area contributed by atoms with Crippen LogP contribution in [0.15, 0.2) is 24.3 Å². The summed E-state index contributed by atoms with van der Waals surface area (Å²) < 4.78 is 25.1. The minimum Gasteiger partial charge on any atom is -0.336 e. The van der Waals surface area contributed by atoms with Crippen molar-refractivity contribution in [1.82, 2.24) is 15.4 Å². The first kappa shape index (κ1) is 16.5. The van der Waals surface area contributed by atoms with Gasteiger partial charge in [0.1, 0.15) is 0 Å². The molecule has 7 heteroatoms. The largest absolute Gasteiger partial charge is 0.336 e. The highest BCUT2D eigenvalue weighted by atomic mass is 32.2. The molecule has 6 nitrogen and oxygen atoms in total. The fraction of sp³-hybridized carbons (Fsp3) is 0.462. The number of nitrogens with one attached hydrogen (secondary N) is 3. The van der Waals surface area contributed by atoms with Crippen LogP contribution in [0.5, 0.6) is 0 Å². The second-order valence-electron chi connectivity index (χ2n) is 4.76. The van der Waals surface area contributed by atoms with Crippen molar-refractivity contribution in [1.29, 1.82) is 0 Å². The summed E-state index contributed by atoms with van der Waals surface area (Å²) in [6.45, 7) is 4.17. The Labute approximate surface area is 120 Å². The normalized spacial score (nSPS) is 11.4. The molecule has 0 aliphatic rings. The van der Waals surface area contributed by atoms with Crippen molar-refractivity contribution in [2.45, 2.75) is 32.2 Å². The molecule has 0 atom stereocenters. The molecule has 0 unspecified atom stereocenters. The van der Waals surface area contributed by atoms with Crippen molar-refractivity contribution in [2.75, 3.05) is 7.05 Å². The highest BCUT2D eigenvalue weighted by Crippen LogP contribution is 2.07. The van der Waals surface area contributed by atoms with Gasteiger partial charge >= 0.3 is 6.03 Å². The fourth-order valence-corrected chi connectivity index (χ4v) is 2.32. The van der Waals surface area contributed by atoms with Crippen molar-refractivity contribution in [3.8, 4) is 0 Å². The maximum Gasteiger partial charge on any atom is 0.315 e. The van der Waals surface area contributed by atoms with Gasteiger partial charge < -0.3 is 10.6 Å². The van der Waals surface area contributed by atoms with Crippen LogP contribution in [-0.4, -0.2) is 27.5 Å². The number of benzene rings is 1. The van der Waals surface area contributed by atoms with Crippen molar-refractivity contribution in [3.05, 3.63) is 35.4 Å². The minimum absolute atomic E-state index is 0.0506. The van der Waals surface area contributed by atoms with Crippen LogP contribution in [0.1, 0.15) is 25.0 Å². The molecule has 1 aromatic rings. The van der Waals surface area contributed by atoms with E-state index in [1.807, 2.05) is 13.8 Å². The maximum atomic E-state index is 11.4. The van der Waals surface area contributed by atoms with Gasteiger partial charge in [0, 0.05) is 12.6 Å². The topological polar surface area (TPSA) is 87.3 Å². The van der Waals surface area contributed by atoms with Crippen LogP contribution in [0.4, 0.5) is 4.79 Å². The molecular weight excluding hydrogens is 278 g/mol. The van der Waals surface area contributed by atoms with E-state index in [0.29, 0.717) is 12.1 Å². The summed E-state index contributed by atoms with van der Waals surface area (Å²) in [5.41, 5.74) is 1.62. The van der Waals surface area contributed by atoms with Crippen molar-refractivity contribution >= 4 is 16.1 Å². The first-order valence-corrected chi connectivity index (χ1v) is 8.01. The Bertz CT molecular complexity index is 538. The van der Waals surface area contributed by atoms with Crippen molar-refractivity contribution in [3.63, 3.8) is 0 Å². The Morgan fingerprint density at radius 3 is 2.20 bits per heavy atom. The molecule has 0 heterocycles. The molecule has 1 aromatic carbocycles. The standard InChI is InChI=1S/C13H21N3O3S/c1-10(2)16-13(17)15-8-11-4-6-12(7-5-11)9-20(18,19)14-3/h4-7,10,14H,8-9H2,1-3H3,(H2,15,16,17). The lowest BCUT2D eigenvalue weighted by molar-refractivity contribution is 0.238. The maximum absolute atomic E-state index is 11.4. The van der Waals surface area contributed by atoms with Crippen LogP contribution in [-0.2, 0) is 22.3 Å². The van der Waals surface area contributed by atoms with E-state index in [9.17, 15) is 13.2 Å². The molecule has 0 spiro atoms. The van der Waals surface area contributed by atoms with Gasteiger partial charge in [0.05, 0.1) is 5.75 Å². The van der Waals surface area contributed by atoms with E-state index in [0.717, 1.165) is 5.56 Å². The lowest BCUT2D eigenvalue weighted by Gasteiger charge is -2.10. The molecule has 0 aliphatic carbocycles. The number of urea groups is 1. The van der Waals surface area contributed by atoms with Crippen LogP contribution in [0.25, 0.3) is 0 Å². The summed E-state index contributed by atoms with van der Waals surface area (Å²) >= 11 is 0. The number of rotatable bonds is 6. The predicted molar refractivity (Wildman–Crippen MR) is 78.6 cm³/mol. The zero-order valence-electron chi connectivity index (χ0n) is 11.9. The van der Waals surface area contributed by atoms with Crippen molar-refractivity contribution in [2.24, 2.45) is 0 Å². The second-order valence-corrected chi connectivity index (χ2v) is 6.69. The summed E-state index contributed by atoms with van der Waals surface area (Å²) in [7, 11) is -1.86. The van der Waals surface area contributed by atoms with Crippen LogP contribution < -0.4 is 15.4 Å². The third kappa shape index (κ3) is 6.03. The fourth-order valence-electron chi connectivity index (χ4n) is 1.54. The second kappa shape index (κ2) is 7.25. The van der Waals surface area contributed by atoms with Crippen LogP contribution in [0, 0.1) is 0 Å². The van der Waals surface area contributed by atoms with Crippen LogP contribution in [0.3, 0.4) is 0 Å².